The molecule has 3 amide bonds. The van der Waals surface area contributed by atoms with Crippen molar-refractivity contribution in [2.24, 2.45) is 17.1 Å². The van der Waals surface area contributed by atoms with Gasteiger partial charge in [-0.15, -0.1) is 0 Å². The van der Waals surface area contributed by atoms with Crippen molar-refractivity contribution in [2.45, 2.75) is 108 Å². The minimum atomic E-state index is -1.75. The smallest absolute Gasteiger partial charge is 0.408 e. The lowest BCUT2D eigenvalue weighted by Gasteiger charge is -2.25. The minimum absolute atomic E-state index is 0.148. The van der Waals surface area contributed by atoms with Crippen LogP contribution in [0.1, 0.15) is 91.4 Å². The number of nitrogens with one attached hydrogen (secondary N) is 3. The molecule has 2 aromatic rings. The van der Waals surface area contributed by atoms with Crippen LogP contribution in [-0.2, 0) is 33.4 Å². The quantitative estimate of drug-likeness (QED) is 0.0697. The van der Waals surface area contributed by atoms with Gasteiger partial charge in [-0.05, 0) is 91.8 Å². The first-order valence-electron chi connectivity index (χ1n) is 17.4. The molecule has 1 unspecified atom stereocenters. The van der Waals surface area contributed by atoms with Gasteiger partial charge in [0.2, 0.25) is 9.70 Å². The van der Waals surface area contributed by atoms with E-state index in [0.717, 1.165) is 10.9 Å². The zero-order valence-electron chi connectivity index (χ0n) is 31.1. The fraction of sp³-hybridized carbons (Fsp3) is 0.568. The van der Waals surface area contributed by atoms with Crippen LogP contribution in [0.5, 0.6) is 0 Å². The third-order valence-electron chi connectivity index (χ3n) is 8.10. The van der Waals surface area contributed by atoms with Crippen LogP contribution in [0.15, 0.2) is 36.4 Å². The van der Waals surface area contributed by atoms with Gasteiger partial charge in [-0.25, -0.2) is 4.79 Å². The molecule has 0 spiro atoms. The molecule has 1 fully saturated rings. The van der Waals surface area contributed by atoms with E-state index in [0.29, 0.717) is 30.5 Å². The van der Waals surface area contributed by atoms with Crippen molar-refractivity contribution >= 4 is 81.6 Å². The van der Waals surface area contributed by atoms with Gasteiger partial charge < -0.3 is 35.9 Å². The Morgan fingerprint density at radius 1 is 0.981 bits per heavy atom. The third-order valence-corrected chi connectivity index (χ3v) is 8.43. The molecule has 13 nitrogen and oxygen atoms in total. The van der Waals surface area contributed by atoms with Crippen LogP contribution in [0, 0.1) is 11.3 Å². The first kappa shape index (κ1) is 43.8. The number of ether oxygens (including phenoxy) is 3. The van der Waals surface area contributed by atoms with Gasteiger partial charge in [0.1, 0.15) is 24.3 Å². The van der Waals surface area contributed by atoms with E-state index in [2.05, 4.69) is 16.0 Å². The molecule has 0 aliphatic heterocycles. The van der Waals surface area contributed by atoms with Crippen molar-refractivity contribution < 1.29 is 38.2 Å². The second-order valence-electron chi connectivity index (χ2n) is 14.8. The number of hydrogen-bond acceptors (Lipinski definition) is 10. The Labute approximate surface area is 325 Å². The molecule has 0 saturated heterocycles. The summed E-state index contributed by atoms with van der Waals surface area (Å²) in [4.78, 5) is 68.2. The number of amides is 3. The summed E-state index contributed by atoms with van der Waals surface area (Å²) in [6.07, 6.45) is 3.89. The number of nitrogens with two attached hydrogens (primary N) is 1. The number of pyridine rings is 1. The number of hydrogen-bond donors (Lipinski definition) is 4. The zero-order chi connectivity index (χ0) is 39.7. The number of benzene rings is 1. The van der Waals surface area contributed by atoms with E-state index in [4.69, 9.17) is 59.7 Å². The number of alkyl carbamates (subject to hydrolysis) is 1. The lowest BCUT2D eigenvalue weighted by atomic mass is 9.92. The Balaban J connectivity index is 1.54. The monoisotopic (exact) mass is 797 g/mol. The summed E-state index contributed by atoms with van der Waals surface area (Å²) in [5, 5.41) is 9.03. The number of carbonyl (C=O) groups is 5. The standard InChI is InChI=1S/C37H50Cl3N5O8/c1-21(44-34(50)53-35(3,4)5)27-15-14-24-11-10-23(19-28(24)45-27)16-17-36(6,7)33(49)52-29(25-12-13-25)31(47)43-22(2)30(46)42-18-8-9-26(41)32(48)51-20-37(38,39)40/h10-11,14-17,19,21-22,25-26,29H,8-9,12-13,18,20,41H2,1-7H3,(H,42,46)(H,43,47)(H,44,50)/b17-16+/t21-,22+,26+,29?/m1/s1. The lowest BCUT2D eigenvalue weighted by molar-refractivity contribution is -0.163. The highest BCUT2D eigenvalue weighted by Crippen LogP contribution is 2.36. The third kappa shape index (κ3) is 15.0. The maximum atomic E-state index is 13.4. The molecule has 0 bridgehead atoms. The van der Waals surface area contributed by atoms with Crippen LogP contribution in [0.25, 0.3) is 17.0 Å². The van der Waals surface area contributed by atoms with Crippen LogP contribution >= 0.6 is 34.8 Å². The van der Waals surface area contributed by atoms with Gasteiger partial charge in [0.25, 0.3) is 5.91 Å². The number of nitrogens with zero attached hydrogens (tertiary/aromatic N) is 1. The number of alkyl halides is 3. The predicted octanol–water partition coefficient (Wildman–Crippen LogP) is 5.82. The number of carbonyl (C=O) groups excluding carboxylic acids is 5. The second kappa shape index (κ2) is 18.6. The molecule has 3 rings (SSSR count). The first-order chi connectivity index (χ1) is 24.5. The van der Waals surface area contributed by atoms with Gasteiger partial charge in [0.15, 0.2) is 6.10 Å². The van der Waals surface area contributed by atoms with E-state index in [9.17, 15) is 24.0 Å². The molecule has 1 heterocycles. The Morgan fingerprint density at radius 3 is 2.26 bits per heavy atom. The molecule has 1 saturated carbocycles. The first-order valence-corrected chi connectivity index (χ1v) is 18.6. The SMILES string of the molecule is C[C@H](NC(=O)C(OC(=O)C(C)(C)/C=C/c1ccc2ccc([C@@H](C)NC(=O)OC(C)(C)C)nc2c1)C1CC1)C(=O)NCCC[C@H](N)C(=O)OCC(Cl)(Cl)Cl. The van der Waals surface area contributed by atoms with E-state index in [-0.39, 0.29) is 18.9 Å². The van der Waals surface area contributed by atoms with Crippen molar-refractivity contribution in [3.8, 4) is 0 Å². The average molecular weight is 799 g/mol. The van der Waals surface area contributed by atoms with Gasteiger partial charge in [-0.2, -0.15) is 0 Å². The fourth-order valence-electron chi connectivity index (χ4n) is 4.88. The average Bonchev–Trinajstić information content (AvgIpc) is 3.90. The molecule has 5 N–H and O–H groups in total. The zero-order valence-corrected chi connectivity index (χ0v) is 33.4. The molecule has 292 valence electrons. The fourth-order valence-corrected chi connectivity index (χ4v) is 5.04. The Bertz CT molecular complexity index is 1670. The van der Waals surface area contributed by atoms with Crippen LogP contribution in [0.4, 0.5) is 4.79 Å². The summed E-state index contributed by atoms with van der Waals surface area (Å²) < 4.78 is 14.2. The van der Waals surface area contributed by atoms with Crippen LogP contribution in [-0.4, -0.2) is 75.6 Å². The molecule has 1 aromatic heterocycles. The van der Waals surface area contributed by atoms with Crippen molar-refractivity contribution in [2.75, 3.05) is 13.2 Å². The van der Waals surface area contributed by atoms with E-state index in [1.54, 1.807) is 46.8 Å². The second-order valence-corrected chi connectivity index (χ2v) is 17.3. The number of aromatic nitrogens is 1. The molecular formula is C37H50Cl3N5O8. The Kier molecular flexibility index (Phi) is 15.4. The largest absolute Gasteiger partial charge is 0.460 e. The summed E-state index contributed by atoms with van der Waals surface area (Å²) in [5.74, 6) is -2.49. The predicted molar refractivity (Wildman–Crippen MR) is 204 cm³/mol. The number of rotatable bonds is 16. The van der Waals surface area contributed by atoms with E-state index >= 15 is 0 Å². The molecular weight excluding hydrogens is 749 g/mol. The number of esters is 2. The highest BCUT2D eigenvalue weighted by atomic mass is 35.6. The van der Waals surface area contributed by atoms with Gasteiger partial charge in [-0.1, -0.05) is 65.2 Å². The summed E-state index contributed by atoms with van der Waals surface area (Å²) >= 11 is 16.7. The van der Waals surface area contributed by atoms with Gasteiger partial charge in [0.05, 0.1) is 22.7 Å². The molecule has 53 heavy (non-hydrogen) atoms. The molecule has 16 heteroatoms. The summed E-state index contributed by atoms with van der Waals surface area (Å²) in [6, 6.07) is 7.17. The lowest BCUT2D eigenvalue weighted by Crippen LogP contribution is -2.50. The summed E-state index contributed by atoms with van der Waals surface area (Å²) in [7, 11) is 0. The van der Waals surface area contributed by atoms with Crippen molar-refractivity contribution in [3.63, 3.8) is 0 Å². The molecule has 1 aromatic carbocycles. The van der Waals surface area contributed by atoms with Crippen molar-refractivity contribution in [1.82, 2.24) is 20.9 Å². The van der Waals surface area contributed by atoms with Gasteiger partial charge in [-0.3, -0.25) is 24.2 Å². The van der Waals surface area contributed by atoms with E-state index in [1.165, 1.54) is 6.92 Å². The topological polar surface area (TPSA) is 188 Å². The molecule has 1 aliphatic carbocycles. The van der Waals surface area contributed by atoms with Crippen molar-refractivity contribution in [3.05, 3.63) is 47.7 Å². The van der Waals surface area contributed by atoms with Crippen molar-refractivity contribution in [1.29, 1.82) is 0 Å². The number of halogens is 3. The normalized spacial score (nSPS) is 15.9. The highest BCUT2D eigenvalue weighted by molar-refractivity contribution is 6.67. The maximum Gasteiger partial charge on any atom is 0.408 e. The molecule has 4 atom stereocenters. The Hall–Kier alpha value is -3.65. The summed E-state index contributed by atoms with van der Waals surface area (Å²) in [5.41, 5.74) is 6.22. The number of fused-ring (bicyclic) bond motifs is 1. The van der Waals surface area contributed by atoms with Crippen LogP contribution in [0.2, 0.25) is 0 Å². The van der Waals surface area contributed by atoms with E-state index < -0.39 is 75.5 Å². The highest BCUT2D eigenvalue weighted by Gasteiger charge is 2.42. The van der Waals surface area contributed by atoms with Crippen LogP contribution < -0.4 is 21.7 Å². The summed E-state index contributed by atoms with van der Waals surface area (Å²) in [6.45, 7) is 11.9. The van der Waals surface area contributed by atoms with Gasteiger partial charge in [0, 0.05) is 17.8 Å². The Morgan fingerprint density at radius 2 is 1.64 bits per heavy atom. The maximum absolute atomic E-state index is 13.4. The molecule has 0 radical (unpaired) electrons. The van der Waals surface area contributed by atoms with Gasteiger partial charge >= 0.3 is 18.0 Å². The molecule has 1 aliphatic rings. The minimum Gasteiger partial charge on any atom is -0.460 e. The van der Waals surface area contributed by atoms with E-state index in [1.807, 2.05) is 37.3 Å². The van der Waals surface area contributed by atoms with Crippen LogP contribution in [0.3, 0.4) is 0 Å².